The highest BCUT2D eigenvalue weighted by Gasteiger charge is 2.08. The van der Waals surface area contributed by atoms with Crippen LogP contribution in [0.4, 0.5) is 0 Å². The molecule has 0 fully saturated rings. The fourth-order valence-electron chi connectivity index (χ4n) is 2.26. The summed E-state index contributed by atoms with van der Waals surface area (Å²) in [4.78, 5) is 0.327. The lowest BCUT2D eigenvalue weighted by molar-refractivity contribution is 0.210. The van der Waals surface area contributed by atoms with Crippen LogP contribution >= 0.6 is 12.2 Å². The average molecular weight is 331 g/mol. The summed E-state index contributed by atoms with van der Waals surface area (Å²) >= 11 is 4.96. The normalized spacial score (nSPS) is 10.2. The van der Waals surface area contributed by atoms with E-state index in [2.05, 4.69) is 0 Å². The SMILES string of the molecule is COc1cc(C(N)=S)ccc1OCCOc1c(C)cccc1C. The third-order valence-electron chi connectivity index (χ3n) is 3.44. The maximum atomic E-state index is 5.82. The molecule has 0 atom stereocenters. The predicted octanol–water partition coefficient (Wildman–Crippen LogP) is 3.40. The summed E-state index contributed by atoms with van der Waals surface area (Å²) in [6.07, 6.45) is 0. The minimum atomic E-state index is 0.327. The molecular formula is C18H21NO3S. The molecule has 122 valence electrons. The van der Waals surface area contributed by atoms with Crippen LogP contribution in [0.15, 0.2) is 36.4 Å². The van der Waals surface area contributed by atoms with Crippen molar-refractivity contribution < 1.29 is 14.2 Å². The van der Waals surface area contributed by atoms with E-state index in [1.54, 1.807) is 19.2 Å². The van der Waals surface area contributed by atoms with E-state index in [9.17, 15) is 0 Å². The molecule has 2 rings (SSSR count). The molecule has 2 aromatic carbocycles. The monoisotopic (exact) mass is 331 g/mol. The number of ether oxygens (including phenoxy) is 3. The fourth-order valence-corrected chi connectivity index (χ4v) is 2.39. The van der Waals surface area contributed by atoms with E-state index >= 15 is 0 Å². The second-order valence-corrected chi connectivity index (χ2v) is 5.59. The van der Waals surface area contributed by atoms with Crippen LogP contribution in [0.1, 0.15) is 16.7 Å². The van der Waals surface area contributed by atoms with Gasteiger partial charge in [-0.15, -0.1) is 0 Å². The number of hydrogen-bond acceptors (Lipinski definition) is 4. The Kier molecular flexibility index (Phi) is 5.82. The van der Waals surface area contributed by atoms with Crippen LogP contribution in [0.2, 0.25) is 0 Å². The van der Waals surface area contributed by atoms with Gasteiger partial charge in [0.15, 0.2) is 11.5 Å². The lowest BCUT2D eigenvalue weighted by atomic mass is 10.1. The Morgan fingerprint density at radius 3 is 2.26 bits per heavy atom. The lowest BCUT2D eigenvalue weighted by Gasteiger charge is -2.14. The molecule has 0 aliphatic heterocycles. The molecule has 0 aliphatic rings. The van der Waals surface area contributed by atoms with Crippen molar-refractivity contribution in [2.45, 2.75) is 13.8 Å². The van der Waals surface area contributed by atoms with Gasteiger partial charge in [0.1, 0.15) is 24.0 Å². The maximum Gasteiger partial charge on any atom is 0.161 e. The molecule has 2 N–H and O–H groups in total. The molecule has 4 nitrogen and oxygen atoms in total. The van der Waals surface area contributed by atoms with Crippen molar-refractivity contribution in [1.82, 2.24) is 0 Å². The van der Waals surface area contributed by atoms with Crippen molar-refractivity contribution in [3.8, 4) is 17.2 Å². The molecule has 0 amide bonds. The van der Waals surface area contributed by atoms with Crippen molar-refractivity contribution in [3.05, 3.63) is 53.1 Å². The summed E-state index contributed by atoms with van der Waals surface area (Å²) in [5, 5.41) is 0. The Bertz CT molecular complexity index is 680. The Labute approximate surface area is 142 Å². The highest BCUT2D eigenvalue weighted by molar-refractivity contribution is 7.80. The predicted molar refractivity (Wildman–Crippen MR) is 95.8 cm³/mol. The topological polar surface area (TPSA) is 53.7 Å². The molecule has 0 aromatic heterocycles. The van der Waals surface area contributed by atoms with Gasteiger partial charge in [-0.05, 0) is 43.2 Å². The highest BCUT2D eigenvalue weighted by Crippen LogP contribution is 2.28. The smallest absolute Gasteiger partial charge is 0.161 e. The van der Waals surface area contributed by atoms with E-state index in [1.807, 2.05) is 38.1 Å². The van der Waals surface area contributed by atoms with Crippen molar-refractivity contribution in [3.63, 3.8) is 0 Å². The van der Waals surface area contributed by atoms with Gasteiger partial charge in [0.25, 0.3) is 0 Å². The van der Waals surface area contributed by atoms with Crippen LogP contribution in [0.3, 0.4) is 0 Å². The number of rotatable bonds is 7. The van der Waals surface area contributed by atoms with E-state index < -0.39 is 0 Å². The average Bonchev–Trinajstić information content (AvgIpc) is 2.53. The highest BCUT2D eigenvalue weighted by atomic mass is 32.1. The van der Waals surface area contributed by atoms with Crippen LogP contribution in [0.25, 0.3) is 0 Å². The van der Waals surface area contributed by atoms with E-state index in [1.165, 1.54) is 0 Å². The van der Waals surface area contributed by atoms with Crippen molar-refractivity contribution in [2.75, 3.05) is 20.3 Å². The van der Waals surface area contributed by atoms with Crippen LogP contribution in [-0.4, -0.2) is 25.3 Å². The number of methoxy groups -OCH3 is 1. The molecule has 0 unspecified atom stereocenters. The second kappa shape index (κ2) is 7.83. The van der Waals surface area contributed by atoms with Gasteiger partial charge in [-0.25, -0.2) is 0 Å². The Morgan fingerprint density at radius 2 is 1.65 bits per heavy atom. The lowest BCUT2D eigenvalue weighted by Crippen LogP contribution is -2.12. The van der Waals surface area contributed by atoms with Crippen LogP contribution in [-0.2, 0) is 0 Å². The van der Waals surface area contributed by atoms with Gasteiger partial charge < -0.3 is 19.9 Å². The number of thiocarbonyl (C=S) groups is 1. The Balaban J connectivity index is 1.95. The molecule has 0 aliphatic carbocycles. The molecule has 5 heteroatoms. The van der Waals surface area contributed by atoms with E-state index in [4.69, 9.17) is 32.2 Å². The molecule has 0 bridgehead atoms. The molecule has 0 heterocycles. The van der Waals surface area contributed by atoms with Crippen molar-refractivity contribution in [1.29, 1.82) is 0 Å². The van der Waals surface area contributed by atoms with Gasteiger partial charge in [-0.3, -0.25) is 0 Å². The van der Waals surface area contributed by atoms with Gasteiger partial charge in [0.05, 0.1) is 7.11 Å². The summed E-state index contributed by atoms with van der Waals surface area (Å²) in [7, 11) is 1.58. The molecule has 0 saturated carbocycles. The first kappa shape index (κ1) is 17.1. The minimum absolute atomic E-state index is 0.327. The largest absolute Gasteiger partial charge is 0.493 e. The number of nitrogens with two attached hydrogens (primary N) is 1. The summed E-state index contributed by atoms with van der Waals surface area (Å²) in [6, 6.07) is 11.5. The molecule has 0 saturated heterocycles. The third-order valence-corrected chi connectivity index (χ3v) is 3.68. The zero-order valence-electron chi connectivity index (χ0n) is 13.6. The summed E-state index contributed by atoms with van der Waals surface area (Å²) < 4.78 is 16.9. The first-order valence-electron chi connectivity index (χ1n) is 7.32. The van der Waals surface area contributed by atoms with Gasteiger partial charge in [-0.1, -0.05) is 30.4 Å². The first-order chi connectivity index (χ1) is 11.0. The second-order valence-electron chi connectivity index (χ2n) is 5.15. The van der Waals surface area contributed by atoms with Gasteiger partial charge in [0, 0.05) is 5.56 Å². The third kappa shape index (κ3) is 4.36. The standard InChI is InChI=1S/C18H21NO3S/c1-12-5-4-6-13(2)17(12)22-10-9-21-15-8-7-14(18(19)23)11-16(15)20-3/h4-8,11H,9-10H2,1-3H3,(H2,19,23). The summed E-state index contributed by atoms with van der Waals surface area (Å²) in [5.41, 5.74) is 8.59. The molecular weight excluding hydrogens is 310 g/mol. The van der Waals surface area contributed by atoms with Gasteiger partial charge in [-0.2, -0.15) is 0 Å². The zero-order chi connectivity index (χ0) is 16.8. The van der Waals surface area contributed by atoms with E-state index in [-0.39, 0.29) is 0 Å². The number of hydrogen-bond donors (Lipinski definition) is 1. The quantitative estimate of drug-likeness (QED) is 0.622. The summed E-state index contributed by atoms with van der Waals surface area (Å²) in [6.45, 7) is 4.92. The summed E-state index contributed by atoms with van der Waals surface area (Å²) in [5.74, 6) is 2.15. The molecule has 0 radical (unpaired) electrons. The first-order valence-corrected chi connectivity index (χ1v) is 7.73. The van der Waals surface area contributed by atoms with Gasteiger partial charge >= 0.3 is 0 Å². The molecule has 0 spiro atoms. The minimum Gasteiger partial charge on any atom is -0.493 e. The van der Waals surface area contributed by atoms with E-state index in [0.717, 1.165) is 22.4 Å². The number of para-hydroxylation sites is 1. The van der Waals surface area contributed by atoms with Crippen LogP contribution < -0.4 is 19.9 Å². The Hall–Kier alpha value is -2.27. The molecule has 2 aromatic rings. The van der Waals surface area contributed by atoms with Crippen LogP contribution in [0.5, 0.6) is 17.2 Å². The number of benzene rings is 2. The van der Waals surface area contributed by atoms with E-state index in [0.29, 0.717) is 29.7 Å². The zero-order valence-corrected chi connectivity index (χ0v) is 14.4. The van der Waals surface area contributed by atoms with Gasteiger partial charge in [0.2, 0.25) is 0 Å². The molecule has 23 heavy (non-hydrogen) atoms. The van der Waals surface area contributed by atoms with Crippen molar-refractivity contribution in [2.24, 2.45) is 5.73 Å². The maximum absolute atomic E-state index is 5.82. The van der Waals surface area contributed by atoms with Crippen LogP contribution in [0, 0.1) is 13.8 Å². The van der Waals surface area contributed by atoms with Crippen molar-refractivity contribution >= 4 is 17.2 Å². The fraction of sp³-hybridized carbons (Fsp3) is 0.278. The Morgan fingerprint density at radius 1 is 1.00 bits per heavy atom. The number of aryl methyl sites for hydroxylation is 2.